The first-order valence-corrected chi connectivity index (χ1v) is 4.46. The number of nitrogen functional groups attached to an aromatic ring is 1. The molecule has 2 N–H and O–H groups in total. The summed E-state index contributed by atoms with van der Waals surface area (Å²) in [5.74, 6) is -1.22. The van der Waals surface area contributed by atoms with Gasteiger partial charge in [0.05, 0.1) is 7.11 Å². The fourth-order valence-electron chi connectivity index (χ4n) is 0.827. The molecule has 8 heteroatoms. The number of esters is 1. The first kappa shape index (κ1) is 11.8. The number of halogens is 3. The van der Waals surface area contributed by atoms with Gasteiger partial charge < -0.3 is 10.5 Å². The van der Waals surface area contributed by atoms with Crippen molar-refractivity contribution in [3.8, 4) is 0 Å². The molecule has 1 aromatic heterocycles. The molecule has 0 spiro atoms. The normalized spacial score (nSPS) is 10.5. The van der Waals surface area contributed by atoms with Gasteiger partial charge >= 0.3 is 5.97 Å². The van der Waals surface area contributed by atoms with Gasteiger partial charge in [-0.3, -0.25) is 0 Å². The van der Waals surface area contributed by atoms with Crippen LogP contribution in [-0.4, -0.2) is 23.0 Å². The summed E-state index contributed by atoms with van der Waals surface area (Å²) < 4.78 is 28.7. The van der Waals surface area contributed by atoms with Crippen molar-refractivity contribution < 1.29 is 18.3 Å². The van der Waals surface area contributed by atoms with Gasteiger partial charge in [0.15, 0.2) is 11.5 Å². The average Bonchev–Trinajstić information content (AvgIpc) is 2.19. The Bertz CT molecular complexity index is 400. The van der Waals surface area contributed by atoms with Crippen LogP contribution in [0.2, 0.25) is 0 Å². The van der Waals surface area contributed by atoms with Crippen LogP contribution in [0.3, 0.4) is 0 Å². The summed E-state index contributed by atoms with van der Waals surface area (Å²) in [6.07, 6.45) is -2.82. The zero-order valence-electron chi connectivity index (χ0n) is 7.50. The maximum absolute atomic E-state index is 12.3. The summed E-state index contributed by atoms with van der Waals surface area (Å²) in [5.41, 5.74) is 4.37. The van der Waals surface area contributed by atoms with Crippen molar-refractivity contribution in [1.82, 2.24) is 9.97 Å². The van der Waals surface area contributed by atoms with E-state index in [1.54, 1.807) is 0 Å². The number of hydrogen-bond acceptors (Lipinski definition) is 5. The number of carbonyl (C=O) groups is 1. The van der Waals surface area contributed by atoms with Gasteiger partial charge in [0.2, 0.25) is 0 Å². The lowest BCUT2D eigenvalue weighted by Crippen LogP contribution is -2.12. The first-order valence-electron chi connectivity index (χ1n) is 3.66. The average molecular weight is 282 g/mol. The maximum Gasteiger partial charge on any atom is 0.360 e. The molecule has 0 radical (unpaired) electrons. The molecular formula is C7H6BrF2N3O2. The number of nitrogens with zero attached hydrogens (tertiary/aromatic N) is 2. The number of aromatic nitrogens is 2. The predicted molar refractivity (Wildman–Crippen MR) is 50.4 cm³/mol. The highest BCUT2D eigenvalue weighted by molar-refractivity contribution is 9.10. The molecule has 1 aromatic rings. The molecule has 0 aliphatic rings. The van der Waals surface area contributed by atoms with Crippen molar-refractivity contribution in [3.05, 3.63) is 16.0 Å². The van der Waals surface area contributed by atoms with Crippen molar-refractivity contribution in [2.45, 2.75) is 6.43 Å². The molecule has 5 nitrogen and oxygen atoms in total. The van der Waals surface area contributed by atoms with Crippen LogP contribution >= 0.6 is 15.9 Å². The number of hydrogen-bond donors (Lipinski definition) is 1. The van der Waals surface area contributed by atoms with E-state index in [2.05, 4.69) is 30.6 Å². The van der Waals surface area contributed by atoms with Crippen LogP contribution in [0.4, 0.5) is 14.6 Å². The van der Waals surface area contributed by atoms with Crippen molar-refractivity contribution in [1.29, 1.82) is 0 Å². The summed E-state index contributed by atoms with van der Waals surface area (Å²) in [5, 5.41) is 0. The lowest BCUT2D eigenvalue weighted by molar-refractivity contribution is 0.0593. The molecule has 0 saturated carbocycles. The van der Waals surface area contributed by atoms with Gasteiger partial charge in [0.25, 0.3) is 6.43 Å². The van der Waals surface area contributed by atoms with Gasteiger partial charge in [-0.1, -0.05) is 0 Å². The summed E-state index contributed by atoms with van der Waals surface area (Å²) in [6, 6.07) is 0. The van der Waals surface area contributed by atoms with Crippen LogP contribution in [0.5, 0.6) is 0 Å². The van der Waals surface area contributed by atoms with Crippen LogP contribution in [-0.2, 0) is 4.74 Å². The highest BCUT2D eigenvalue weighted by Crippen LogP contribution is 2.25. The molecule has 0 aliphatic heterocycles. The fraction of sp³-hybridized carbons (Fsp3) is 0.286. The molecule has 0 saturated heterocycles. The molecule has 15 heavy (non-hydrogen) atoms. The molecule has 0 amide bonds. The maximum atomic E-state index is 12.3. The van der Waals surface area contributed by atoms with Gasteiger partial charge in [0, 0.05) is 0 Å². The monoisotopic (exact) mass is 281 g/mol. The third kappa shape index (κ3) is 2.38. The standard InChI is InChI=1S/C7H6BrF2N3O2/c1-15-7(14)3-6(11)13-2(5(9)10)4(8)12-3/h5H,1H3,(H2,11,13). The largest absolute Gasteiger partial charge is 0.464 e. The summed E-state index contributed by atoms with van der Waals surface area (Å²) in [6.45, 7) is 0. The second-order valence-corrected chi connectivity index (χ2v) is 3.18. The Morgan fingerprint density at radius 2 is 2.13 bits per heavy atom. The molecule has 1 rings (SSSR count). The minimum atomic E-state index is -2.82. The van der Waals surface area contributed by atoms with Crippen LogP contribution in [0.15, 0.2) is 4.60 Å². The van der Waals surface area contributed by atoms with Crippen molar-refractivity contribution in [2.24, 2.45) is 0 Å². The lowest BCUT2D eigenvalue weighted by atomic mass is 10.4. The Balaban J connectivity index is 3.25. The quantitative estimate of drug-likeness (QED) is 0.832. The number of rotatable bonds is 2. The molecule has 0 aromatic carbocycles. The van der Waals surface area contributed by atoms with Crippen molar-refractivity contribution >= 4 is 27.7 Å². The highest BCUT2D eigenvalue weighted by atomic mass is 79.9. The predicted octanol–water partition coefficient (Wildman–Crippen LogP) is 1.55. The van der Waals surface area contributed by atoms with E-state index in [4.69, 9.17) is 5.73 Å². The van der Waals surface area contributed by atoms with E-state index in [9.17, 15) is 13.6 Å². The zero-order valence-corrected chi connectivity index (χ0v) is 9.09. The minimum absolute atomic E-state index is 0.230. The molecule has 0 bridgehead atoms. The third-order valence-corrected chi connectivity index (χ3v) is 2.07. The number of nitrogens with two attached hydrogens (primary N) is 1. The Labute approximate surface area is 91.8 Å². The van der Waals surface area contributed by atoms with Gasteiger partial charge in [-0.15, -0.1) is 0 Å². The topological polar surface area (TPSA) is 78.1 Å². The van der Waals surface area contributed by atoms with Gasteiger partial charge in [-0.25, -0.2) is 23.5 Å². The molecule has 0 unspecified atom stereocenters. The van der Waals surface area contributed by atoms with E-state index in [0.717, 1.165) is 7.11 Å². The molecule has 1 heterocycles. The summed E-state index contributed by atoms with van der Waals surface area (Å²) in [7, 11) is 1.12. The van der Waals surface area contributed by atoms with Gasteiger partial charge in [-0.2, -0.15) is 0 Å². The van der Waals surface area contributed by atoms with E-state index in [1.807, 2.05) is 0 Å². The second kappa shape index (κ2) is 4.47. The molecular weight excluding hydrogens is 276 g/mol. The Hall–Kier alpha value is -1.31. The zero-order chi connectivity index (χ0) is 11.6. The lowest BCUT2D eigenvalue weighted by Gasteiger charge is -2.06. The number of ether oxygens (including phenoxy) is 1. The van der Waals surface area contributed by atoms with E-state index in [0.29, 0.717) is 0 Å². The van der Waals surface area contributed by atoms with E-state index in [1.165, 1.54) is 0 Å². The molecule has 0 fully saturated rings. The fourth-order valence-corrected chi connectivity index (χ4v) is 1.27. The van der Waals surface area contributed by atoms with Crippen LogP contribution in [0.1, 0.15) is 22.6 Å². The van der Waals surface area contributed by atoms with Crippen molar-refractivity contribution in [3.63, 3.8) is 0 Å². The smallest absolute Gasteiger partial charge is 0.360 e. The number of alkyl halides is 2. The number of anilines is 1. The first-order chi connectivity index (χ1) is 6.97. The highest BCUT2D eigenvalue weighted by Gasteiger charge is 2.21. The van der Waals surface area contributed by atoms with E-state index < -0.39 is 18.1 Å². The van der Waals surface area contributed by atoms with Gasteiger partial charge in [-0.05, 0) is 15.9 Å². The molecule has 0 aliphatic carbocycles. The number of methoxy groups -OCH3 is 1. The number of carbonyl (C=O) groups excluding carboxylic acids is 1. The van der Waals surface area contributed by atoms with Crippen LogP contribution in [0, 0.1) is 0 Å². The van der Waals surface area contributed by atoms with E-state index in [-0.39, 0.29) is 16.1 Å². The Morgan fingerprint density at radius 1 is 1.53 bits per heavy atom. The Kier molecular flexibility index (Phi) is 3.51. The SMILES string of the molecule is COC(=O)c1nc(Br)c(C(F)F)nc1N. The minimum Gasteiger partial charge on any atom is -0.464 e. The summed E-state index contributed by atoms with van der Waals surface area (Å²) >= 11 is 2.76. The van der Waals surface area contributed by atoms with Crippen LogP contribution in [0.25, 0.3) is 0 Å². The van der Waals surface area contributed by atoms with Gasteiger partial charge in [0.1, 0.15) is 10.3 Å². The van der Waals surface area contributed by atoms with E-state index >= 15 is 0 Å². The molecule has 0 atom stereocenters. The van der Waals surface area contributed by atoms with Crippen molar-refractivity contribution in [2.75, 3.05) is 12.8 Å². The molecule has 82 valence electrons. The van der Waals surface area contributed by atoms with Crippen LogP contribution < -0.4 is 5.73 Å². The third-order valence-electron chi connectivity index (χ3n) is 1.49. The Morgan fingerprint density at radius 3 is 2.60 bits per heavy atom. The second-order valence-electron chi connectivity index (χ2n) is 2.43. The summed E-state index contributed by atoms with van der Waals surface area (Å²) in [4.78, 5) is 18.0.